The van der Waals surface area contributed by atoms with Gasteiger partial charge in [0.15, 0.2) is 11.0 Å². The Morgan fingerprint density at radius 2 is 1.85 bits per heavy atom. The first-order valence-corrected chi connectivity index (χ1v) is 7.85. The number of aromatic nitrogens is 3. The molecule has 2 rings (SSSR count). The van der Waals surface area contributed by atoms with Crippen LogP contribution in [0, 0.1) is 13.8 Å². The number of thioether (sulfide) groups is 1. The van der Waals surface area contributed by atoms with Crippen molar-refractivity contribution < 1.29 is 5.11 Å². The fourth-order valence-corrected chi connectivity index (χ4v) is 3.20. The van der Waals surface area contributed by atoms with Crippen molar-refractivity contribution in [3.8, 4) is 0 Å². The summed E-state index contributed by atoms with van der Waals surface area (Å²) in [6, 6.07) is 6.58. The summed E-state index contributed by atoms with van der Waals surface area (Å²) in [4.78, 5) is 0. The molecule has 1 heterocycles. The molecule has 0 bridgehead atoms. The van der Waals surface area contributed by atoms with Gasteiger partial charge in [0, 0.05) is 12.3 Å². The van der Waals surface area contributed by atoms with Crippen LogP contribution in [-0.2, 0) is 18.9 Å². The zero-order chi connectivity index (χ0) is 14.5. The second-order valence-corrected chi connectivity index (χ2v) is 5.94. The largest absolute Gasteiger partial charge is 0.388 e. The molecule has 0 radical (unpaired) electrons. The van der Waals surface area contributed by atoms with Crippen molar-refractivity contribution >= 4 is 11.8 Å². The Kier molecular flexibility index (Phi) is 5.20. The van der Waals surface area contributed by atoms with Crippen LogP contribution in [0.5, 0.6) is 0 Å². The summed E-state index contributed by atoms with van der Waals surface area (Å²) in [5.74, 6) is 1.52. The Hall–Kier alpha value is -1.33. The minimum Gasteiger partial charge on any atom is -0.388 e. The first-order chi connectivity index (χ1) is 9.63. The van der Waals surface area contributed by atoms with E-state index < -0.39 is 0 Å². The van der Waals surface area contributed by atoms with Gasteiger partial charge in [0.2, 0.25) is 0 Å². The number of aryl methyl sites for hydroxylation is 2. The normalized spacial score (nSPS) is 11.0. The van der Waals surface area contributed by atoms with Crippen molar-refractivity contribution in [1.29, 1.82) is 0 Å². The molecule has 20 heavy (non-hydrogen) atoms. The first kappa shape index (κ1) is 15.1. The Bertz CT molecular complexity index is 560. The summed E-state index contributed by atoms with van der Waals surface area (Å²) in [7, 11) is 0. The highest BCUT2D eigenvalue weighted by atomic mass is 32.2. The number of aliphatic hydroxyl groups is 1. The van der Waals surface area contributed by atoms with E-state index in [4.69, 9.17) is 0 Å². The summed E-state index contributed by atoms with van der Waals surface area (Å²) in [5.41, 5.74) is 3.86. The third kappa shape index (κ3) is 3.61. The highest BCUT2D eigenvalue weighted by Crippen LogP contribution is 2.23. The van der Waals surface area contributed by atoms with Gasteiger partial charge in [-0.25, -0.2) is 0 Å². The van der Waals surface area contributed by atoms with Crippen molar-refractivity contribution in [2.45, 2.75) is 51.3 Å². The Morgan fingerprint density at radius 1 is 1.15 bits per heavy atom. The van der Waals surface area contributed by atoms with E-state index in [1.54, 1.807) is 11.8 Å². The van der Waals surface area contributed by atoms with Gasteiger partial charge in [-0.15, -0.1) is 10.2 Å². The molecule has 0 spiro atoms. The lowest BCUT2D eigenvalue weighted by molar-refractivity contribution is 0.263. The molecule has 1 aromatic carbocycles. The molecule has 0 atom stereocenters. The molecule has 0 saturated carbocycles. The molecule has 1 N–H and O–H groups in total. The molecule has 0 fully saturated rings. The van der Waals surface area contributed by atoms with Crippen molar-refractivity contribution in [3.63, 3.8) is 0 Å². The maximum Gasteiger partial charge on any atom is 0.191 e. The summed E-state index contributed by atoms with van der Waals surface area (Å²) in [6.07, 6.45) is 1.00. The van der Waals surface area contributed by atoms with Gasteiger partial charge in [-0.05, 0) is 25.8 Å². The van der Waals surface area contributed by atoms with Gasteiger partial charge in [-0.1, -0.05) is 48.0 Å². The second kappa shape index (κ2) is 6.90. The second-order valence-electron chi connectivity index (χ2n) is 4.99. The predicted octanol–water partition coefficient (Wildman–Crippen LogP) is 3.09. The highest BCUT2D eigenvalue weighted by molar-refractivity contribution is 7.98. The summed E-state index contributed by atoms with van der Waals surface area (Å²) >= 11 is 1.67. The van der Waals surface area contributed by atoms with E-state index in [1.165, 1.54) is 16.7 Å². The average Bonchev–Trinajstić information content (AvgIpc) is 2.78. The van der Waals surface area contributed by atoms with Gasteiger partial charge in [-0.2, -0.15) is 0 Å². The lowest BCUT2D eigenvalue weighted by atomic mass is 10.1. The highest BCUT2D eigenvalue weighted by Gasteiger charge is 2.11. The molecule has 0 unspecified atom stereocenters. The van der Waals surface area contributed by atoms with Crippen molar-refractivity contribution in [2.75, 3.05) is 0 Å². The van der Waals surface area contributed by atoms with E-state index in [2.05, 4.69) is 49.2 Å². The third-order valence-corrected chi connectivity index (χ3v) is 4.07. The smallest absolute Gasteiger partial charge is 0.191 e. The van der Waals surface area contributed by atoms with E-state index in [0.717, 1.165) is 23.9 Å². The number of aliphatic hydroxyl groups excluding tert-OH is 1. The molecule has 4 nitrogen and oxygen atoms in total. The van der Waals surface area contributed by atoms with Gasteiger partial charge in [0.25, 0.3) is 0 Å². The Balaban J connectivity index is 2.12. The van der Waals surface area contributed by atoms with E-state index in [0.29, 0.717) is 5.82 Å². The van der Waals surface area contributed by atoms with Gasteiger partial charge in [0.05, 0.1) is 0 Å². The van der Waals surface area contributed by atoms with Crippen LogP contribution in [0.3, 0.4) is 0 Å². The number of hydrogen-bond donors (Lipinski definition) is 1. The first-order valence-electron chi connectivity index (χ1n) is 6.87. The molecular weight excluding hydrogens is 270 g/mol. The molecule has 108 valence electrons. The van der Waals surface area contributed by atoms with Crippen LogP contribution in [0.15, 0.2) is 23.4 Å². The van der Waals surface area contributed by atoms with Crippen LogP contribution < -0.4 is 0 Å². The van der Waals surface area contributed by atoms with Crippen LogP contribution in [-0.4, -0.2) is 19.9 Å². The number of rotatable bonds is 6. The van der Waals surface area contributed by atoms with E-state index in [9.17, 15) is 5.11 Å². The molecule has 0 aliphatic rings. The van der Waals surface area contributed by atoms with Gasteiger partial charge < -0.3 is 9.67 Å². The van der Waals surface area contributed by atoms with Crippen LogP contribution in [0.1, 0.15) is 35.9 Å². The predicted molar refractivity (Wildman–Crippen MR) is 81.7 cm³/mol. The molecule has 0 saturated heterocycles. The quantitative estimate of drug-likeness (QED) is 0.831. The summed E-state index contributed by atoms with van der Waals surface area (Å²) < 4.78 is 2.01. The SMILES string of the molecule is CCCn1c(CO)nnc1SCc1cc(C)cc(C)c1. The van der Waals surface area contributed by atoms with Gasteiger partial charge in [0.1, 0.15) is 6.61 Å². The summed E-state index contributed by atoms with van der Waals surface area (Å²) in [6.45, 7) is 7.13. The van der Waals surface area contributed by atoms with Crippen LogP contribution in [0.4, 0.5) is 0 Å². The maximum absolute atomic E-state index is 9.28. The molecule has 5 heteroatoms. The molecule has 2 aromatic rings. The van der Waals surface area contributed by atoms with Crippen molar-refractivity contribution in [1.82, 2.24) is 14.8 Å². The minimum absolute atomic E-state index is 0.0584. The third-order valence-electron chi connectivity index (χ3n) is 3.03. The van der Waals surface area contributed by atoms with Crippen LogP contribution in [0.2, 0.25) is 0 Å². The maximum atomic E-state index is 9.28. The molecule has 0 aliphatic heterocycles. The molecule has 0 amide bonds. The number of nitrogens with zero attached hydrogens (tertiary/aromatic N) is 3. The van der Waals surface area contributed by atoms with E-state index >= 15 is 0 Å². The van der Waals surface area contributed by atoms with E-state index in [1.807, 2.05) is 4.57 Å². The van der Waals surface area contributed by atoms with Crippen LogP contribution in [0.25, 0.3) is 0 Å². The number of hydrogen-bond acceptors (Lipinski definition) is 4. The lowest BCUT2D eigenvalue weighted by Gasteiger charge is -2.08. The van der Waals surface area contributed by atoms with Gasteiger partial charge in [-0.3, -0.25) is 0 Å². The fourth-order valence-electron chi connectivity index (χ4n) is 2.29. The topological polar surface area (TPSA) is 50.9 Å². The lowest BCUT2D eigenvalue weighted by Crippen LogP contribution is -2.04. The molecular formula is C15H21N3OS. The zero-order valence-electron chi connectivity index (χ0n) is 12.3. The zero-order valence-corrected chi connectivity index (χ0v) is 13.1. The number of benzene rings is 1. The fraction of sp³-hybridized carbons (Fsp3) is 0.467. The summed E-state index contributed by atoms with van der Waals surface area (Å²) in [5, 5.41) is 18.4. The monoisotopic (exact) mass is 291 g/mol. The van der Waals surface area contributed by atoms with Gasteiger partial charge >= 0.3 is 0 Å². The molecule has 1 aromatic heterocycles. The van der Waals surface area contributed by atoms with Crippen molar-refractivity contribution in [3.05, 3.63) is 40.7 Å². The average molecular weight is 291 g/mol. The Labute approximate surface area is 124 Å². The van der Waals surface area contributed by atoms with Crippen LogP contribution >= 0.6 is 11.8 Å². The van der Waals surface area contributed by atoms with E-state index in [-0.39, 0.29) is 6.61 Å². The minimum atomic E-state index is -0.0584. The van der Waals surface area contributed by atoms with Crippen molar-refractivity contribution in [2.24, 2.45) is 0 Å². The Morgan fingerprint density at radius 3 is 2.45 bits per heavy atom. The molecule has 0 aliphatic carbocycles. The standard InChI is InChI=1S/C15H21N3OS/c1-4-5-18-14(9-19)16-17-15(18)20-10-13-7-11(2)6-12(3)8-13/h6-8,19H,4-5,9-10H2,1-3H3.